The van der Waals surface area contributed by atoms with Crippen molar-refractivity contribution in [3.05, 3.63) is 29.8 Å². The number of rotatable bonds is 3. The molecule has 0 spiro atoms. The van der Waals surface area contributed by atoms with E-state index < -0.39 is 0 Å². The van der Waals surface area contributed by atoms with Crippen molar-refractivity contribution in [3.63, 3.8) is 0 Å². The van der Waals surface area contributed by atoms with Gasteiger partial charge in [-0.1, -0.05) is 18.2 Å². The Kier molecular flexibility index (Phi) is 3.41. The summed E-state index contributed by atoms with van der Waals surface area (Å²) in [5, 5.41) is 3.78. The van der Waals surface area contributed by atoms with Crippen molar-refractivity contribution >= 4 is 11.8 Å². The highest BCUT2D eigenvalue weighted by Crippen LogP contribution is 2.37. The third-order valence-corrected chi connectivity index (χ3v) is 4.95. The summed E-state index contributed by atoms with van der Waals surface area (Å²) in [4.78, 5) is 1.46. The van der Waals surface area contributed by atoms with Gasteiger partial charge in [0, 0.05) is 24.1 Å². The zero-order chi connectivity index (χ0) is 11.7. The molecule has 1 N–H and O–H groups in total. The fourth-order valence-corrected chi connectivity index (χ4v) is 3.82. The number of methoxy groups -OCH3 is 1. The largest absolute Gasteiger partial charge is 0.381 e. The summed E-state index contributed by atoms with van der Waals surface area (Å²) >= 11 is 1.99. The summed E-state index contributed by atoms with van der Waals surface area (Å²) in [6.07, 6.45) is 4.07. The Balaban J connectivity index is 1.65. The maximum Gasteiger partial charge on any atom is 0.0601 e. The number of fused-ring (bicyclic) bond motifs is 1. The number of nitrogens with one attached hydrogen (secondary N) is 1. The molecule has 3 rings (SSSR count). The molecule has 92 valence electrons. The standard InChI is InChI=1S/C14H19NOS/c1-16-11-8-10(9-11)15-13-6-7-17-14-5-3-2-4-12(13)14/h2-5,10-11,13,15H,6-9H2,1H3. The number of ether oxygens (including phenoxy) is 1. The van der Waals surface area contributed by atoms with Crippen molar-refractivity contribution in [2.75, 3.05) is 12.9 Å². The monoisotopic (exact) mass is 249 g/mol. The Morgan fingerprint density at radius 3 is 2.94 bits per heavy atom. The van der Waals surface area contributed by atoms with Gasteiger partial charge in [0.05, 0.1) is 6.10 Å². The number of hydrogen-bond acceptors (Lipinski definition) is 3. The molecule has 17 heavy (non-hydrogen) atoms. The Labute approximate surface area is 107 Å². The topological polar surface area (TPSA) is 21.3 Å². The summed E-state index contributed by atoms with van der Waals surface area (Å²) in [7, 11) is 1.81. The van der Waals surface area contributed by atoms with Crippen LogP contribution in [0.25, 0.3) is 0 Å². The molecule has 1 aliphatic carbocycles. The molecule has 1 atom stereocenters. The Morgan fingerprint density at radius 1 is 1.29 bits per heavy atom. The SMILES string of the molecule is COC1CC(NC2CCSc3ccccc32)C1. The maximum atomic E-state index is 5.33. The van der Waals surface area contributed by atoms with Gasteiger partial charge in [-0.2, -0.15) is 0 Å². The fraction of sp³-hybridized carbons (Fsp3) is 0.571. The summed E-state index contributed by atoms with van der Waals surface area (Å²) in [6, 6.07) is 10.0. The second kappa shape index (κ2) is 5.01. The molecule has 3 heteroatoms. The van der Waals surface area contributed by atoms with Gasteiger partial charge in [-0.25, -0.2) is 0 Å². The molecule has 0 radical (unpaired) electrons. The Morgan fingerprint density at radius 2 is 2.12 bits per heavy atom. The molecule has 2 nitrogen and oxygen atoms in total. The van der Waals surface area contributed by atoms with Crippen LogP contribution in [0.1, 0.15) is 30.9 Å². The summed E-state index contributed by atoms with van der Waals surface area (Å²) in [6.45, 7) is 0. The lowest BCUT2D eigenvalue weighted by Gasteiger charge is -2.39. The molecule has 1 aromatic carbocycles. The van der Waals surface area contributed by atoms with Crippen LogP contribution in [0.4, 0.5) is 0 Å². The molecular weight excluding hydrogens is 230 g/mol. The molecule has 2 aliphatic rings. The van der Waals surface area contributed by atoms with Crippen LogP contribution >= 0.6 is 11.8 Å². The van der Waals surface area contributed by atoms with E-state index in [0.717, 1.165) is 0 Å². The summed E-state index contributed by atoms with van der Waals surface area (Å²) in [5.41, 5.74) is 1.49. The minimum atomic E-state index is 0.487. The van der Waals surface area contributed by atoms with Crippen molar-refractivity contribution in [1.82, 2.24) is 5.32 Å². The predicted molar refractivity (Wildman–Crippen MR) is 71.5 cm³/mol. The minimum absolute atomic E-state index is 0.487. The van der Waals surface area contributed by atoms with Crippen LogP contribution in [-0.4, -0.2) is 25.0 Å². The van der Waals surface area contributed by atoms with Crippen molar-refractivity contribution in [2.45, 2.75) is 42.3 Å². The molecule has 1 heterocycles. The van der Waals surface area contributed by atoms with Gasteiger partial charge >= 0.3 is 0 Å². The van der Waals surface area contributed by atoms with E-state index in [9.17, 15) is 0 Å². The van der Waals surface area contributed by atoms with Crippen LogP contribution in [0, 0.1) is 0 Å². The highest BCUT2D eigenvalue weighted by molar-refractivity contribution is 7.99. The Bertz CT molecular complexity index is 390. The van der Waals surface area contributed by atoms with Gasteiger partial charge in [0.15, 0.2) is 0 Å². The molecule has 1 saturated carbocycles. The lowest BCUT2D eigenvalue weighted by Crippen LogP contribution is -2.46. The number of hydrogen-bond donors (Lipinski definition) is 1. The highest BCUT2D eigenvalue weighted by Gasteiger charge is 2.32. The second-order valence-corrected chi connectivity index (χ2v) is 6.06. The molecule has 1 aromatic rings. The molecule has 1 unspecified atom stereocenters. The molecule has 0 amide bonds. The zero-order valence-corrected chi connectivity index (χ0v) is 11.0. The molecule has 1 aliphatic heterocycles. The maximum absolute atomic E-state index is 5.33. The first-order chi connectivity index (χ1) is 8.36. The van der Waals surface area contributed by atoms with Gasteiger partial charge < -0.3 is 10.1 Å². The van der Waals surface area contributed by atoms with Crippen molar-refractivity contribution in [1.29, 1.82) is 0 Å². The average molecular weight is 249 g/mol. The summed E-state index contributed by atoms with van der Waals surface area (Å²) in [5.74, 6) is 1.23. The van der Waals surface area contributed by atoms with Gasteiger partial charge in [0.2, 0.25) is 0 Å². The van der Waals surface area contributed by atoms with E-state index in [0.29, 0.717) is 18.2 Å². The fourth-order valence-electron chi connectivity index (χ4n) is 2.69. The van der Waals surface area contributed by atoms with Gasteiger partial charge in [0.25, 0.3) is 0 Å². The summed E-state index contributed by atoms with van der Waals surface area (Å²) < 4.78 is 5.33. The van der Waals surface area contributed by atoms with Gasteiger partial charge in [-0.3, -0.25) is 0 Å². The third-order valence-electron chi connectivity index (χ3n) is 3.82. The first kappa shape index (κ1) is 11.6. The lowest BCUT2D eigenvalue weighted by atomic mass is 9.87. The van der Waals surface area contributed by atoms with Gasteiger partial charge in [0.1, 0.15) is 0 Å². The van der Waals surface area contributed by atoms with Crippen LogP contribution in [0.3, 0.4) is 0 Å². The third kappa shape index (κ3) is 2.37. The van der Waals surface area contributed by atoms with E-state index in [-0.39, 0.29) is 0 Å². The molecule has 0 aromatic heterocycles. The number of thioether (sulfide) groups is 1. The van der Waals surface area contributed by atoms with Crippen LogP contribution in [0.2, 0.25) is 0 Å². The molecule has 0 bridgehead atoms. The first-order valence-corrected chi connectivity index (χ1v) is 7.36. The highest BCUT2D eigenvalue weighted by atomic mass is 32.2. The smallest absolute Gasteiger partial charge is 0.0601 e. The molecule has 1 fully saturated rings. The number of benzene rings is 1. The van der Waals surface area contributed by atoms with Crippen LogP contribution in [0.15, 0.2) is 29.2 Å². The quantitative estimate of drug-likeness (QED) is 0.890. The van der Waals surface area contributed by atoms with Crippen LogP contribution in [0.5, 0.6) is 0 Å². The predicted octanol–water partition coefficient (Wildman–Crippen LogP) is 2.99. The van der Waals surface area contributed by atoms with E-state index in [1.165, 1.54) is 35.5 Å². The minimum Gasteiger partial charge on any atom is -0.381 e. The van der Waals surface area contributed by atoms with E-state index >= 15 is 0 Å². The average Bonchev–Trinajstić information content (AvgIpc) is 2.33. The second-order valence-electron chi connectivity index (χ2n) is 4.92. The van der Waals surface area contributed by atoms with Crippen molar-refractivity contribution in [2.24, 2.45) is 0 Å². The van der Waals surface area contributed by atoms with Crippen LogP contribution < -0.4 is 5.32 Å². The lowest BCUT2D eigenvalue weighted by molar-refractivity contribution is 0.0138. The van der Waals surface area contributed by atoms with Crippen LogP contribution in [-0.2, 0) is 4.74 Å². The van der Waals surface area contributed by atoms with Gasteiger partial charge in [-0.05, 0) is 36.6 Å². The van der Waals surface area contributed by atoms with Crippen molar-refractivity contribution < 1.29 is 4.74 Å². The van der Waals surface area contributed by atoms with E-state index in [4.69, 9.17) is 4.74 Å². The molecule has 0 saturated heterocycles. The first-order valence-electron chi connectivity index (χ1n) is 6.37. The normalized spacial score (nSPS) is 31.7. The van der Waals surface area contributed by atoms with Gasteiger partial charge in [-0.15, -0.1) is 11.8 Å². The van der Waals surface area contributed by atoms with Crippen molar-refractivity contribution in [3.8, 4) is 0 Å². The van der Waals surface area contributed by atoms with E-state index in [1.54, 1.807) is 0 Å². The zero-order valence-electron chi connectivity index (χ0n) is 10.2. The Hall–Kier alpha value is -0.510. The molecular formula is C14H19NOS. The van der Waals surface area contributed by atoms with E-state index in [2.05, 4.69) is 29.6 Å². The van der Waals surface area contributed by atoms with E-state index in [1.807, 2.05) is 18.9 Å².